The SMILES string of the molecule is C=C(N=C(N=C(C)c1ccccc1)n1c2ccccc2c2c3c(ccc21)C(c1ccccc1)(c1ccccc1)c1ccccc1-3)c1ccccc1. The van der Waals surface area contributed by atoms with Gasteiger partial charge in [-0.2, -0.15) is 0 Å². The van der Waals surface area contributed by atoms with Crippen molar-refractivity contribution in [3.63, 3.8) is 0 Å². The molecular formula is C48H35N3. The molecule has 242 valence electrons. The van der Waals surface area contributed by atoms with Gasteiger partial charge in [0.05, 0.1) is 22.1 Å². The van der Waals surface area contributed by atoms with Gasteiger partial charge in [0.15, 0.2) is 0 Å². The maximum atomic E-state index is 5.29. The molecule has 1 aliphatic carbocycles. The molecule has 1 aliphatic rings. The number of benzene rings is 7. The van der Waals surface area contributed by atoms with Crippen molar-refractivity contribution in [1.29, 1.82) is 0 Å². The Balaban J connectivity index is 1.39. The summed E-state index contributed by atoms with van der Waals surface area (Å²) in [6.45, 7) is 6.47. The highest BCUT2D eigenvalue weighted by molar-refractivity contribution is 6.22. The van der Waals surface area contributed by atoms with Crippen LogP contribution in [-0.2, 0) is 5.41 Å². The second kappa shape index (κ2) is 12.4. The Morgan fingerprint density at radius 3 is 1.73 bits per heavy atom. The average molecular weight is 654 g/mol. The molecule has 0 N–H and O–H groups in total. The normalized spacial score (nSPS) is 13.7. The minimum atomic E-state index is -0.494. The summed E-state index contributed by atoms with van der Waals surface area (Å²) >= 11 is 0. The third-order valence-corrected chi connectivity index (χ3v) is 10.3. The van der Waals surface area contributed by atoms with Gasteiger partial charge in [-0.1, -0.05) is 176 Å². The zero-order chi connectivity index (χ0) is 34.4. The molecule has 0 aliphatic heterocycles. The zero-order valence-corrected chi connectivity index (χ0v) is 28.4. The first-order valence-electron chi connectivity index (χ1n) is 17.4. The van der Waals surface area contributed by atoms with E-state index in [-0.39, 0.29) is 0 Å². The van der Waals surface area contributed by atoms with E-state index in [1.54, 1.807) is 0 Å². The smallest absolute Gasteiger partial charge is 0.235 e. The van der Waals surface area contributed by atoms with Crippen molar-refractivity contribution >= 4 is 39.2 Å². The lowest BCUT2D eigenvalue weighted by molar-refractivity contribution is 0.769. The molecule has 0 spiro atoms. The average Bonchev–Trinajstić information content (AvgIpc) is 3.70. The highest BCUT2D eigenvalue weighted by atomic mass is 15.2. The largest absolute Gasteiger partial charge is 0.278 e. The van der Waals surface area contributed by atoms with Crippen molar-refractivity contribution in [3.8, 4) is 11.1 Å². The van der Waals surface area contributed by atoms with Crippen LogP contribution < -0.4 is 0 Å². The minimum absolute atomic E-state index is 0.494. The molecule has 0 amide bonds. The number of rotatable bonds is 5. The lowest BCUT2D eigenvalue weighted by atomic mass is 9.67. The Morgan fingerprint density at radius 2 is 1.06 bits per heavy atom. The summed E-state index contributed by atoms with van der Waals surface area (Å²) in [5, 5.41) is 2.34. The topological polar surface area (TPSA) is 29.6 Å². The van der Waals surface area contributed by atoms with E-state index < -0.39 is 5.41 Å². The number of hydrogen-bond donors (Lipinski definition) is 0. The van der Waals surface area contributed by atoms with Crippen LogP contribution in [0.1, 0.15) is 40.3 Å². The fourth-order valence-corrected chi connectivity index (χ4v) is 8.04. The number of fused-ring (bicyclic) bond motifs is 7. The summed E-state index contributed by atoms with van der Waals surface area (Å²) in [5.41, 5.74) is 12.6. The molecule has 1 aromatic heterocycles. The molecule has 7 aromatic carbocycles. The van der Waals surface area contributed by atoms with Crippen LogP contribution in [0.15, 0.2) is 199 Å². The van der Waals surface area contributed by atoms with Gasteiger partial charge in [-0.15, -0.1) is 0 Å². The van der Waals surface area contributed by atoms with E-state index in [1.807, 2.05) is 55.5 Å². The summed E-state index contributed by atoms with van der Waals surface area (Å²) in [7, 11) is 0. The minimum Gasteiger partial charge on any atom is -0.278 e. The summed E-state index contributed by atoms with van der Waals surface area (Å²) in [5.74, 6) is 0.569. The zero-order valence-electron chi connectivity index (χ0n) is 28.4. The predicted molar refractivity (Wildman–Crippen MR) is 214 cm³/mol. The molecule has 3 heteroatoms. The van der Waals surface area contributed by atoms with Gasteiger partial charge in [0.2, 0.25) is 5.96 Å². The van der Waals surface area contributed by atoms with E-state index in [1.165, 1.54) is 38.8 Å². The first kappa shape index (κ1) is 30.5. The van der Waals surface area contributed by atoms with Crippen molar-refractivity contribution in [3.05, 3.63) is 222 Å². The predicted octanol–water partition coefficient (Wildman–Crippen LogP) is 11.5. The van der Waals surface area contributed by atoms with E-state index in [0.717, 1.165) is 33.3 Å². The van der Waals surface area contributed by atoms with E-state index in [0.29, 0.717) is 11.7 Å². The maximum absolute atomic E-state index is 5.29. The fraction of sp³-hybridized carbons (Fsp3) is 0.0417. The van der Waals surface area contributed by atoms with Gasteiger partial charge in [0, 0.05) is 16.5 Å². The Bertz CT molecular complexity index is 2590. The quantitative estimate of drug-likeness (QED) is 0.131. The lowest BCUT2D eigenvalue weighted by Gasteiger charge is -2.33. The summed E-state index contributed by atoms with van der Waals surface area (Å²) in [6, 6.07) is 64.5. The van der Waals surface area contributed by atoms with E-state index in [2.05, 4.69) is 145 Å². The van der Waals surface area contributed by atoms with Crippen LogP contribution in [0.25, 0.3) is 38.6 Å². The van der Waals surface area contributed by atoms with Gasteiger partial charge in [0.25, 0.3) is 0 Å². The monoisotopic (exact) mass is 653 g/mol. The van der Waals surface area contributed by atoms with Crippen LogP contribution in [0.2, 0.25) is 0 Å². The van der Waals surface area contributed by atoms with Crippen LogP contribution in [0.4, 0.5) is 0 Å². The molecule has 0 saturated heterocycles. The molecule has 0 radical (unpaired) electrons. The summed E-state index contributed by atoms with van der Waals surface area (Å²) < 4.78 is 2.22. The molecule has 0 atom stereocenters. The number of para-hydroxylation sites is 1. The van der Waals surface area contributed by atoms with Crippen LogP contribution in [-0.4, -0.2) is 16.2 Å². The fourth-order valence-electron chi connectivity index (χ4n) is 8.04. The van der Waals surface area contributed by atoms with Gasteiger partial charge < -0.3 is 0 Å². The lowest BCUT2D eigenvalue weighted by Crippen LogP contribution is -2.28. The first-order chi connectivity index (χ1) is 25.2. The van der Waals surface area contributed by atoms with Gasteiger partial charge >= 0.3 is 0 Å². The standard InChI is InChI=1S/C48H35N3/c1-33(35-19-7-3-8-20-35)49-47(50-34(2)36-21-9-4-10-22-36)51-43-30-18-16-28-40(43)46-44(51)32-31-42-45(46)39-27-15-17-29-41(39)48(42,37-23-11-5-12-24-37)38-25-13-6-14-26-38/h3-32H,1H2,2H3. The first-order valence-corrected chi connectivity index (χ1v) is 17.4. The van der Waals surface area contributed by atoms with Gasteiger partial charge in [-0.25, -0.2) is 9.98 Å². The Kier molecular flexibility index (Phi) is 7.40. The van der Waals surface area contributed by atoms with E-state index in [4.69, 9.17) is 9.98 Å². The highest BCUT2D eigenvalue weighted by Gasteiger charge is 2.47. The molecule has 8 aromatic rings. The van der Waals surface area contributed by atoms with Crippen LogP contribution in [0.5, 0.6) is 0 Å². The van der Waals surface area contributed by atoms with Crippen molar-refractivity contribution in [2.75, 3.05) is 0 Å². The maximum Gasteiger partial charge on any atom is 0.235 e. The number of aromatic nitrogens is 1. The molecule has 9 rings (SSSR count). The third kappa shape index (κ3) is 4.81. The Hall–Kier alpha value is -6.58. The van der Waals surface area contributed by atoms with Crippen LogP contribution in [0, 0.1) is 0 Å². The highest BCUT2D eigenvalue weighted by Crippen LogP contribution is 2.58. The van der Waals surface area contributed by atoms with Crippen LogP contribution >= 0.6 is 0 Å². The van der Waals surface area contributed by atoms with Crippen molar-refractivity contribution in [1.82, 2.24) is 4.57 Å². The van der Waals surface area contributed by atoms with E-state index in [9.17, 15) is 0 Å². The second-order valence-electron chi connectivity index (χ2n) is 13.1. The Labute approximate surface area is 298 Å². The molecule has 3 nitrogen and oxygen atoms in total. The molecule has 0 bridgehead atoms. The summed E-state index contributed by atoms with van der Waals surface area (Å²) in [4.78, 5) is 10.5. The molecule has 0 saturated carbocycles. The third-order valence-electron chi connectivity index (χ3n) is 10.3. The van der Waals surface area contributed by atoms with Crippen LogP contribution in [0.3, 0.4) is 0 Å². The van der Waals surface area contributed by atoms with Gasteiger partial charge in [-0.3, -0.25) is 4.57 Å². The number of nitrogens with zero attached hydrogens (tertiary/aromatic N) is 3. The van der Waals surface area contributed by atoms with E-state index >= 15 is 0 Å². The second-order valence-corrected chi connectivity index (χ2v) is 13.1. The number of aliphatic imine (C=N–C) groups is 2. The molecule has 0 unspecified atom stereocenters. The van der Waals surface area contributed by atoms with Crippen molar-refractivity contribution < 1.29 is 0 Å². The number of hydrogen-bond acceptors (Lipinski definition) is 1. The summed E-state index contributed by atoms with van der Waals surface area (Å²) in [6.07, 6.45) is 0. The molecule has 0 fully saturated rings. The molecule has 51 heavy (non-hydrogen) atoms. The van der Waals surface area contributed by atoms with Gasteiger partial charge in [0.1, 0.15) is 0 Å². The van der Waals surface area contributed by atoms with Gasteiger partial charge in [-0.05, 0) is 63.6 Å². The Morgan fingerprint density at radius 1 is 0.510 bits per heavy atom. The van der Waals surface area contributed by atoms with Crippen molar-refractivity contribution in [2.24, 2.45) is 9.98 Å². The molecular weight excluding hydrogens is 619 g/mol. The van der Waals surface area contributed by atoms with Crippen molar-refractivity contribution in [2.45, 2.75) is 12.3 Å². The molecule has 1 heterocycles.